The molecule has 1 aliphatic heterocycles. The van der Waals surface area contributed by atoms with Gasteiger partial charge in [-0.05, 0) is 81.6 Å². The Bertz CT molecular complexity index is 1190. The van der Waals surface area contributed by atoms with Crippen molar-refractivity contribution >= 4 is 33.2 Å². The molecule has 8 nitrogen and oxygen atoms in total. The number of halogens is 1. The molecule has 0 saturated carbocycles. The van der Waals surface area contributed by atoms with Crippen LogP contribution in [-0.4, -0.2) is 76.3 Å². The van der Waals surface area contributed by atoms with Crippen LogP contribution in [-0.2, 0) is 21.4 Å². The summed E-state index contributed by atoms with van der Waals surface area (Å²) < 4.78 is 32.9. The molecule has 204 valence electrons. The quantitative estimate of drug-likeness (QED) is 0.412. The number of hydrogen-bond donors (Lipinski definition) is 0. The number of methoxy groups -OCH3 is 1. The molecule has 1 aliphatic rings. The fourth-order valence-corrected chi connectivity index (χ4v) is 6.80. The monoisotopic (exact) mass is 550 g/mol. The summed E-state index contributed by atoms with van der Waals surface area (Å²) in [6.07, 6.45) is 4.29. The lowest BCUT2D eigenvalue weighted by Crippen LogP contribution is -2.35. The number of sulfonamides is 1. The Morgan fingerprint density at radius 2 is 1.76 bits per heavy atom. The van der Waals surface area contributed by atoms with E-state index in [-0.39, 0.29) is 29.6 Å². The summed E-state index contributed by atoms with van der Waals surface area (Å²) in [4.78, 5) is 21.9. The molecule has 0 N–H and O–H groups in total. The third-order valence-electron chi connectivity index (χ3n) is 6.85. The van der Waals surface area contributed by atoms with Crippen LogP contribution in [0.2, 0.25) is 5.02 Å². The molecule has 0 aliphatic carbocycles. The summed E-state index contributed by atoms with van der Waals surface area (Å²) in [5.74, 6) is 1.79. The Balaban J connectivity index is 1.51. The predicted molar refractivity (Wildman–Crippen MR) is 148 cm³/mol. The molecule has 37 heavy (non-hydrogen) atoms. The normalized spacial score (nSPS) is 15.0. The van der Waals surface area contributed by atoms with Crippen LogP contribution < -0.4 is 9.64 Å². The van der Waals surface area contributed by atoms with Crippen LogP contribution in [0, 0.1) is 19.8 Å². The van der Waals surface area contributed by atoms with Crippen molar-refractivity contribution in [2.75, 3.05) is 52.8 Å². The van der Waals surface area contributed by atoms with Crippen molar-refractivity contribution in [3.8, 4) is 5.75 Å². The Morgan fingerprint density at radius 1 is 1.14 bits per heavy atom. The van der Waals surface area contributed by atoms with E-state index in [2.05, 4.69) is 14.8 Å². The average Bonchev–Trinajstić information content (AvgIpc) is 2.82. The smallest absolute Gasteiger partial charge is 0.243 e. The zero-order valence-electron chi connectivity index (χ0n) is 22.8. The number of carbonyl (C=O) groups excluding carboxylic acids is 1. The fraction of sp³-hybridized carbons (Fsp3) is 0.556. The van der Waals surface area contributed by atoms with E-state index in [4.69, 9.17) is 16.3 Å². The molecule has 2 aromatic rings. The van der Waals surface area contributed by atoms with Crippen molar-refractivity contribution in [2.45, 2.75) is 51.0 Å². The van der Waals surface area contributed by atoms with E-state index in [1.807, 2.05) is 26.4 Å². The van der Waals surface area contributed by atoms with Crippen molar-refractivity contribution in [1.29, 1.82) is 0 Å². The predicted octanol–water partition coefficient (Wildman–Crippen LogP) is 4.31. The van der Waals surface area contributed by atoms with Gasteiger partial charge in [-0.3, -0.25) is 4.79 Å². The Hall–Kier alpha value is -2.20. The number of hydrogen-bond acceptors (Lipinski definition) is 7. The van der Waals surface area contributed by atoms with E-state index >= 15 is 0 Å². The van der Waals surface area contributed by atoms with Gasteiger partial charge in [-0.2, -0.15) is 0 Å². The summed E-state index contributed by atoms with van der Waals surface area (Å²) in [5.41, 5.74) is 2.33. The van der Waals surface area contributed by atoms with Crippen LogP contribution in [0.5, 0.6) is 5.75 Å². The van der Waals surface area contributed by atoms with Crippen molar-refractivity contribution in [1.82, 2.24) is 14.2 Å². The molecule has 0 radical (unpaired) electrons. The van der Waals surface area contributed by atoms with E-state index in [1.54, 1.807) is 33.1 Å². The van der Waals surface area contributed by atoms with Gasteiger partial charge in [0.15, 0.2) is 0 Å². The Morgan fingerprint density at radius 3 is 2.30 bits per heavy atom. The maximum atomic E-state index is 13.2. The number of aryl methyl sites for hydroxylation is 2. The highest BCUT2D eigenvalue weighted by Crippen LogP contribution is 2.31. The summed E-state index contributed by atoms with van der Waals surface area (Å²) >= 11 is 6.52. The number of carbonyl (C=O) groups is 1. The highest BCUT2D eigenvalue weighted by Gasteiger charge is 2.27. The SMILES string of the molecule is COc1cc(C)c(S(=O)(=O)N(C)CCC(=O)CC2CCN(c3ncc(CN(C)C)cc3Cl)CC2)c(C)c1. The molecule has 0 amide bonds. The molecule has 0 atom stereocenters. The standard InChI is InChI=1S/C27H39ClN4O4S/c1-19-13-24(36-6)14-20(2)26(19)37(34,35)31(5)10-9-23(33)15-21-7-11-32(12-8-21)27-25(28)16-22(17-29-27)18-30(3)4/h13-14,16-17,21H,7-12,15,18H2,1-6H3. The van der Waals surface area contributed by atoms with E-state index in [0.29, 0.717) is 28.3 Å². The first-order chi connectivity index (χ1) is 17.4. The first-order valence-electron chi connectivity index (χ1n) is 12.6. The lowest BCUT2D eigenvalue weighted by molar-refractivity contribution is -0.120. The number of rotatable bonds is 11. The van der Waals surface area contributed by atoms with Crippen molar-refractivity contribution < 1.29 is 17.9 Å². The van der Waals surface area contributed by atoms with Crippen molar-refractivity contribution in [3.63, 3.8) is 0 Å². The number of anilines is 1. The highest BCUT2D eigenvalue weighted by atomic mass is 35.5. The van der Waals surface area contributed by atoms with Crippen molar-refractivity contribution in [3.05, 3.63) is 46.1 Å². The van der Waals surface area contributed by atoms with Gasteiger partial charge in [0.2, 0.25) is 10.0 Å². The van der Waals surface area contributed by atoms with Crippen LogP contribution in [0.1, 0.15) is 42.4 Å². The number of benzene rings is 1. The molecule has 3 rings (SSSR count). The first kappa shape index (κ1) is 29.4. The van der Waals surface area contributed by atoms with Crippen LogP contribution in [0.25, 0.3) is 0 Å². The van der Waals surface area contributed by atoms with Gasteiger partial charge in [-0.1, -0.05) is 11.6 Å². The topological polar surface area (TPSA) is 83.0 Å². The van der Waals surface area contributed by atoms with Crippen LogP contribution in [0.4, 0.5) is 5.82 Å². The minimum absolute atomic E-state index is 0.0906. The molecule has 1 saturated heterocycles. The number of aromatic nitrogens is 1. The van der Waals surface area contributed by atoms with Gasteiger partial charge in [-0.15, -0.1) is 0 Å². The number of ether oxygens (including phenoxy) is 1. The van der Waals surface area contributed by atoms with Crippen LogP contribution >= 0.6 is 11.6 Å². The molecule has 0 bridgehead atoms. The minimum atomic E-state index is -3.71. The van der Waals surface area contributed by atoms with E-state index in [9.17, 15) is 13.2 Å². The van der Waals surface area contributed by atoms with E-state index in [0.717, 1.165) is 43.9 Å². The third-order valence-corrected chi connectivity index (χ3v) is 9.29. The molecule has 0 unspecified atom stereocenters. The number of pyridine rings is 1. The second-order valence-electron chi connectivity index (χ2n) is 10.2. The summed E-state index contributed by atoms with van der Waals surface area (Å²) in [6, 6.07) is 5.40. The summed E-state index contributed by atoms with van der Waals surface area (Å²) in [7, 11) is 3.39. The van der Waals surface area contributed by atoms with Gasteiger partial charge in [0.05, 0.1) is 17.0 Å². The number of nitrogens with zero attached hydrogens (tertiary/aromatic N) is 4. The van der Waals surface area contributed by atoms with E-state index in [1.165, 1.54) is 11.4 Å². The molecule has 2 heterocycles. The van der Waals surface area contributed by atoms with Gasteiger partial charge in [0.25, 0.3) is 0 Å². The molecule has 1 fully saturated rings. The van der Waals surface area contributed by atoms with Crippen molar-refractivity contribution in [2.24, 2.45) is 5.92 Å². The van der Waals surface area contributed by atoms with Gasteiger partial charge in [-0.25, -0.2) is 17.7 Å². The minimum Gasteiger partial charge on any atom is -0.497 e. The Labute approximate surface area is 226 Å². The zero-order chi connectivity index (χ0) is 27.3. The van der Waals surface area contributed by atoms with E-state index < -0.39 is 10.0 Å². The lowest BCUT2D eigenvalue weighted by Gasteiger charge is -2.33. The summed E-state index contributed by atoms with van der Waals surface area (Å²) in [6.45, 7) is 6.05. The van der Waals surface area contributed by atoms with Gasteiger partial charge < -0.3 is 14.5 Å². The lowest BCUT2D eigenvalue weighted by atomic mass is 9.91. The Kier molecular flexibility index (Phi) is 9.97. The number of Topliss-reactive ketones (excluding diaryl/α,β-unsaturated/α-hetero) is 1. The maximum absolute atomic E-state index is 13.2. The molecular weight excluding hydrogens is 512 g/mol. The maximum Gasteiger partial charge on any atom is 0.243 e. The molecule has 10 heteroatoms. The highest BCUT2D eigenvalue weighted by molar-refractivity contribution is 7.89. The second kappa shape index (κ2) is 12.6. The van der Waals surface area contributed by atoms with Crippen LogP contribution in [0.15, 0.2) is 29.3 Å². The number of piperidine rings is 1. The fourth-order valence-electron chi connectivity index (χ4n) is 4.92. The second-order valence-corrected chi connectivity index (χ2v) is 12.6. The molecule has 0 spiro atoms. The van der Waals surface area contributed by atoms with Crippen LogP contribution in [0.3, 0.4) is 0 Å². The molecular formula is C27H39ClN4O4S. The van der Waals surface area contributed by atoms with Gasteiger partial charge >= 0.3 is 0 Å². The largest absolute Gasteiger partial charge is 0.497 e. The summed E-state index contributed by atoms with van der Waals surface area (Å²) in [5, 5.41) is 0.653. The zero-order valence-corrected chi connectivity index (χ0v) is 24.3. The molecule has 1 aromatic carbocycles. The van der Waals surface area contributed by atoms with Gasteiger partial charge in [0.1, 0.15) is 17.4 Å². The number of ketones is 1. The third kappa shape index (κ3) is 7.44. The molecule has 1 aromatic heterocycles. The first-order valence-corrected chi connectivity index (χ1v) is 14.4. The average molecular weight is 551 g/mol. The van der Waals surface area contributed by atoms with Gasteiger partial charge in [0, 0.05) is 52.3 Å².